The molecule has 0 aromatic carbocycles. The third-order valence-corrected chi connectivity index (χ3v) is 5.45. The lowest BCUT2D eigenvalue weighted by Crippen LogP contribution is -2.35. The smallest absolute Gasteiger partial charge is 0.225 e. The van der Waals surface area contributed by atoms with Crippen LogP contribution in [0, 0.1) is 5.92 Å². The first-order chi connectivity index (χ1) is 8.18. The van der Waals surface area contributed by atoms with E-state index in [9.17, 15) is 4.79 Å². The Morgan fingerprint density at radius 3 is 2.94 bits per heavy atom. The van der Waals surface area contributed by atoms with Gasteiger partial charge in [0.05, 0.1) is 0 Å². The van der Waals surface area contributed by atoms with E-state index in [1.54, 1.807) is 0 Å². The third kappa shape index (κ3) is 3.26. The summed E-state index contributed by atoms with van der Waals surface area (Å²) in [6.07, 6.45) is 1.09. The number of rotatable bonds is 2. The fourth-order valence-electron chi connectivity index (χ4n) is 2.06. The Morgan fingerprint density at radius 1 is 1.47 bits per heavy atom. The van der Waals surface area contributed by atoms with Crippen molar-refractivity contribution in [1.82, 2.24) is 4.90 Å². The Morgan fingerprint density at radius 2 is 2.29 bits per heavy atom. The SMILES string of the molecule is CC(C)C(=O)N1CCSC(c2cccs2)CC1. The Hall–Kier alpha value is -0.480. The highest BCUT2D eigenvalue weighted by atomic mass is 32.2. The van der Waals surface area contributed by atoms with Gasteiger partial charge < -0.3 is 4.90 Å². The van der Waals surface area contributed by atoms with Gasteiger partial charge in [-0.25, -0.2) is 0 Å². The maximum Gasteiger partial charge on any atom is 0.225 e. The molecule has 0 radical (unpaired) electrons. The van der Waals surface area contributed by atoms with E-state index in [0.29, 0.717) is 11.2 Å². The molecule has 1 aliphatic heterocycles. The van der Waals surface area contributed by atoms with Crippen LogP contribution in [0.3, 0.4) is 0 Å². The number of amides is 1. The van der Waals surface area contributed by atoms with Gasteiger partial charge in [0, 0.05) is 34.9 Å². The Labute approximate surface area is 111 Å². The Balaban J connectivity index is 1.96. The molecule has 4 heteroatoms. The number of nitrogens with zero attached hydrogens (tertiary/aromatic N) is 1. The molecule has 1 saturated heterocycles. The first-order valence-electron chi connectivity index (χ1n) is 6.12. The van der Waals surface area contributed by atoms with Crippen LogP contribution in [-0.4, -0.2) is 29.6 Å². The molecule has 2 heterocycles. The summed E-state index contributed by atoms with van der Waals surface area (Å²) in [7, 11) is 0. The van der Waals surface area contributed by atoms with E-state index in [1.807, 2.05) is 41.8 Å². The lowest BCUT2D eigenvalue weighted by Gasteiger charge is -2.22. The molecule has 0 bridgehead atoms. The second kappa shape index (κ2) is 5.91. The number of hydrogen-bond acceptors (Lipinski definition) is 3. The summed E-state index contributed by atoms with van der Waals surface area (Å²) >= 11 is 3.82. The summed E-state index contributed by atoms with van der Waals surface area (Å²) in [6.45, 7) is 5.78. The maximum absolute atomic E-state index is 12.0. The van der Waals surface area contributed by atoms with Gasteiger partial charge in [-0.05, 0) is 17.9 Å². The van der Waals surface area contributed by atoms with Crippen molar-refractivity contribution in [2.24, 2.45) is 5.92 Å². The summed E-state index contributed by atoms with van der Waals surface area (Å²) < 4.78 is 0. The molecule has 17 heavy (non-hydrogen) atoms. The van der Waals surface area contributed by atoms with E-state index in [4.69, 9.17) is 0 Å². The first kappa shape index (κ1) is 13.0. The van der Waals surface area contributed by atoms with Gasteiger partial charge in [0.25, 0.3) is 0 Å². The van der Waals surface area contributed by atoms with Crippen LogP contribution in [0.4, 0.5) is 0 Å². The van der Waals surface area contributed by atoms with E-state index >= 15 is 0 Å². The molecule has 94 valence electrons. The van der Waals surface area contributed by atoms with Gasteiger partial charge in [0.2, 0.25) is 5.91 Å². The quantitative estimate of drug-likeness (QED) is 0.820. The number of carbonyl (C=O) groups is 1. The second-order valence-electron chi connectivity index (χ2n) is 4.64. The maximum atomic E-state index is 12.0. The topological polar surface area (TPSA) is 20.3 Å². The number of carbonyl (C=O) groups excluding carboxylic acids is 1. The van der Waals surface area contributed by atoms with E-state index in [-0.39, 0.29) is 5.92 Å². The van der Waals surface area contributed by atoms with Crippen molar-refractivity contribution in [2.75, 3.05) is 18.8 Å². The summed E-state index contributed by atoms with van der Waals surface area (Å²) in [5, 5.41) is 2.72. The van der Waals surface area contributed by atoms with Gasteiger partial charge in [-0.1, -0.05) is 19.9 Å². The van der Waals surface area contributed by atoms with Crippen LogP contribution in [0.2, 0.25) is 0 Å². The molecule has 2 nitrogen and oxygen atoms in total. The molecule has 1 aromatic rings. The van der Waals surface area contributed by atoms with Crippen molar-refractivity contribution in [3.05, 3.63) is 22.4 Å². The van der Waals surface area contributed by atoms with E-state index < -0.39 is 0 Å². The minimum Gasteiger partial charge on any atom is -0.342 e. The summed E-state index contributed by atoms with van der Waals surface area (Å²) in [6, 6.07) is 4.32. The van der Waals surface area contributed by atoms with Gasteiger partial charge in [0.1, 0.15) is 0 Å². The molecule has 1 fully saturated rings. The van der Waals surface area contributed by atoms with Gasteiger partial charge in [0.15, 0.2) is 0 Å². The van der Waals surface area contributed by atoms with Crippen LogP contribution in [-0.2, 0) is 4.79 Å². The molecule has 1 unspecified atom stereocenters. The highest BCUT2D eigenvalue weighted by Gasteiger charge is 2.23. The van der Waals surface area contributed by atoms with Crippen LogP contribution in [0.5, 0.6) is 0 Å². The highest BCUT2D eigenvalue weighted by Crippen LogP contribution is 2.36. The van der Waals surface area contributed by atoms with E-state index in [0.717, 1.165) is 25.3 Å². The van der Waals surface area contributed by atoms with E-state index in [2.05, 4.69) is 17.5 Å². The standard InChI is InChI=1S/C13H19NOS2/c1-10(2)13(15)14-6-5-12(17-9-7-14)11-4-3-8-16-11/h3-4,8,10,12H,5-7,9H2,1-2H3. The molecular formula is C13H19NOS2. The van der Waals surface area contributed by atoms with Crippen LogP contribution in [0.25, 0.3) is 0 Å². The molecular weight excluding hydrogens is 250 g/mol. The van der Waals surface area contributed by atoms with Crippen molar-refractivity contribution in [3.8, 4) is 0 Å². The van der Waals surface area contributed by atoms with Gasteiger partial charge in [-0.3, -0.25) is 4.79 Å². The minimum absolute atomic E-state index is 0.123. The van der Waals surface area contributed by atoms with Crippen molar-refractivity contribution in [1.29, 1.82) is 0 Å². The Bertz CT molecular complexity index is 362. The molecule has 2 rings (SSSR count). The largest absolute Gasteiger partial charge is 0.342 e. The fourth-order valence-corrected chi connectivity index (χ4v) is 4.29. The van der Waals surface area contributed by atoms with E-state index in [1.165, 1.54) is 4.88 Å². The van der Waals surface area contributed by atoms with Gasteiger partial charge >= 0.3 is 0 Å². The molecule has 0 aliphatic carbocycles. The lowest BCUT2D eigenvalue weighted by atomic mass is 10.1. The number of hydrogen-bond donors (Lipinski definition) is 0. The summed E-state index contributed by atoms with van der Waals surface area (Å²) in [5.41, 5.74) is 0. The second-order valence-corrected chi connectivity index (χ2v) is 6.93. The molecule has 0 spiro atoms. The first-order valence-corrected chi connectivity index (χ1v) is 8.05. The predicted molar refractivity (Wildman–Crippen MR) is 75.6 cm³/mol. The van der Waals surface area contributed by atoms with Crippen LogP contribution >= 0.6 is 23.1 Å². The minimum atomic E-state index is 0.123. The normalized spacial score (nSPS) is 21.6. The summed E-state index contributed by atoms with van der Waals surface area (Å²) in [5.74, 6) is 1.48. The van der Waals surface area contributed by atoms with Crippen molar-refractivity contribution in [2.45, 2.75) is 25.5 Å². The fraction of sp³-hybridized carbons (Fsp3) is 0.615. The van der Waals surface area contributed by atoms with Crippen molar-refractivity contribution in [3.63, 3.8) is 0 Å². The van der Waals surface area contributed by atoms with Crippen molar-refractivity contribution < 1.29 is 4.79 Å². The molecule has 1 aromatic heterocycles. The molecule has 1 atom stereocenters. The van der Waals surface area contributed by atoms with Crippen LogP contribution in [0.1, 0.15) is 30.4 Å². The van der Waals surface area contributed by atoms with Crippen LogP contribution < -0.4 is 0 Å². The zero-order valence-electron chi connectivity index (χ0n) is 10.4. The monoisotopic (exact) mass is 269 g/mol. The molecule has 0 N–H and O–H groups in total. The third-order valence-electron chi connectivity index (χ3n) is 3.01. The predicted octanol–water partition coefficient (Wildman–Crippen LogP) is 3.41. The van der Waals surface area contributed by atoms with Gasteiger partial charge in [-0.15, -0.1) is 11.3 Å². The number of thiophene rings is 1. The average molecular weight is 269 g/mol. The number of thioether (sulfide) groups is 1. The van der Waals surface area contributed by atoms with Crippen molar-refractivity contribution >= 4 is 29.0 Å². The zero-order valence-corrected chi connectivity index (χ0v) is 12.0. The zero-order chi connectivity index (χ0) is 12.3. The van der Waals surface area contributed by atoms with Crippen LogP contribution in [0.15, 0.2) is 17.5 Å². The molecule has 1 amide bonds. The lowest BCUT2D eigenvalue weighted by molar-refractivity contribution is -0.134. The Kier molecular flexibility index (Phi) is 4.51. The molecule has 1 aliphatic rings. The highest BCUT2D eigenvalue weighted by molar-refractivity contribution is 7.99. The average Bonchev–Trinajstić information content (AvgIpc) is 2.73. The summed E-state index contributed by atoms with van der Waals surface area (Å²) in [4.78, 5) is 15.4. The molecule has 0 saturated carbocycles. The van der Waals surface area contributed by atoms with Gasteiger partial charge in [-0.2, -0.15) is 11.8 Å².